The van der Waals surface area contributed by atoms with Crippen molar-refractivity contribution in [3.63, 3.8) is 0 Å². The first kappa shape index (κ1) is 15.7. The number of nitrogens with zero attached hydrogens (tertiary/aromatic N) is 1. The van der Waals surface area contributed by atoms with Crippen molar-refractivity contribution in [2.75, 3.05) is 31.6 Å². The van der Waals surface area contributed by atoms with Crippen LogP contribution in [0.2, 0.25) is 0 Å². The molecule has 1 N–H and O–H groups in total. The van der Waals surface area contributed by atoms with Gasteiger partial charge in [-0.05, 0) is 36.1 Å². The van der Waals surface area contributed by atoms with Crippen molar-refractivity contribution in [2.24, 2.45) is 0 Å². The molecule has 23 heavy (non-hydrogen) atoms. The molecule has 0 saturated carbocycles. The molecule has 2 heterocycles. The Morgan fingerprint density at radius 3 is 2.61 bits per heavy atom. The number of amides is 2. The Labute approximate surface area is 138 Å². The van der Waals surface area contributed by atoms with Gasteiger partial charge in [0.25, 0.3) is 11.8 Å². The Morgan fingerprint density at radius 1 is 1.17 bits per heavy atom. The van der Waals surface area contributed by atoms with Gasteiger partial charge in [-0.2, -0.15) is 0 Å². The third-order valence-electron chi connectivity index (χ3n) is 3.77. The molecule has 0 unspecified atom stereocenters. The molecule has 1 aliphatic rings. The van der Waals surface area contributed by atoms with E-state index in [1.54, 1.807) is 23.1 Å². The lowest BCUT2D eigenvalue weighted by Gasteiger charge is -2.27. The van der Waals surface area contributed by atoms with Crippen LogP contribution < -0.4 is 5.32 Å². The molecule has 0 bridgehead atoms. The van der Waals surface area contributed by atoms with Gasteiger partial charge in [0, 0.05) is 13.1 Å². The number of morpholine rings is 1. The van der Waals surface area contributed by atoms with Crippen LogP contribution in [0.4, 0.5) is 5.69 Å². The van der Waals surface area contributed by atoms with E-state index < -0.39 is 0 Å². The summed E-state index contributed by atoms with van der Waals surface area (Å²) in [5, 5.41) is 4.75. The van der Waals surface area contributed by atoms with Crippen LogP contribution in [0, 0.1) is 6.92 Å². The lowest BCUT2D eigenvalue weighted by molar-refractivity contribution is 0.0303. The zero-order chi connectivity index (χ0) is 16.2. The second-order valence-electron chi connectivity index (χ2n) is 5.34. The Kier molecular flexibility index (Phi) is 4.73. The fourth-order valence-electron chi connectivity index (χ4n) is 2.50. The van der Waals surface area contributed by atoms with E-state index in [1.165, 1.54) is 11.3 Å². The maximum Gasteiger partial charge on any atom is 0.266 e. The van der Waals surface area contributed by atoms with Crippen LogP contribution >= 0.6 is 11.3 Å². The minimum absolute atomic E-state index is 0.0768. The first-order valence-corrected chi connectivity index (χ1v) is 8.36. The second-order valence-corrected chi connectivity index (χ2v) is 6.25. The number of hydrogen-bond donors (Lipinski definition) is 1. The number of carbonyl (C=O) groups is 2. The lowest BCUT2D eigenvalue weighted by atomic mass is 10.1. The molecular weight excluding hydrogens is 312 g/mol. The number of nitrogens with one attached hydrogen (secondary N) is 1. The van der Waals surface area contributed by atoms with Crippen molar-refractivity contribution in [3.8, 4) is 0 Å². The standard InChI is InChI=1S/C17H18N2O3S/c1-12-6-11-23-15(12)16(20)18-14-5-3-2-4-13(14)17(21)19-7-9-22-10-8-19/h2-6,11H,7-10H2,1H3,(H,18,20). The topological polar surface area (TPSA) is 58.6 Å². The normalized spacial score (nSPS) is 14.6. The molecular formula is C17H18N2O3S. The fourth-order valence-corrected chi connectivity index (χ4v) is 3.32. The number of para-hydroxylation sites is 1. The Balaban J connectivity index is 1.81. The number of ether oxygens (including phenoxy) is 1. The highest BCUT2D eigenvalue weighted by atomic mass is 32.1. The second kappa shape index (κ2) is 6.93. The number of rotatable bonds is 3. The van der Waals surface area contributed by atoms with E-state index in [0.29, 0.717) is 42.4 Å². The predicted octanol–water partition coefficient (Wildman–Crippen LogP) is 2.78. The van der Waals surface area contributed by atoms with Crippen molar-refractivity contribution in [1.82, 2.24) is 4.90 Å². The molecule has 6 heteroatoms. The lowest BCUT2D eigenvalue weighted by Crippen LogP contribution is -2.41. The van der Waals surface area contributed by atoms with Crippen LogP contribution in [0.15, 0.2) is 35.7 Å². The van der Waals surface area contributed by atoms with E-state index in [1.807, 2.05) is 24.4 Å². The summed E-state index contributed by atoms with van der Waals surface area (Å²) in [6, 6.07) is 9.03. The highest BCUT2D eigenvalue weighted by Crippen LogP contribution is 2.21. The van der Waals surface area contributed by atoms with Gasteiger partial charge >= 0.3 is 0 Å². The van der Waals surface area contributed by atoms with Crippen LogP contribution in [0.5, 0.6) is 0 Å². The number of carbonyl (C=O) groups excluding carboxylic acids is 2. The molecule has 120 valence electrons. The van der Waals surface area contributed by atoms with Gasteiger partial charge in [-0.25, -0.2) is 0 Å². The van der Waals surface area contributed by atoms with Gasteiger partial charge in [-0.3, -0.25) is 9.59 Å². The smallest absolute Gasteiger partial charge is 0.266 e. The summed E-state index contributed by atoms with van der Waals surface area (Å²) in [7, 11) is 0. The highest BCUT2D eigenvalue weighted by Gasteiger charge is 2.22. The van der Waals surface area contributed by atoms with Crippen LogP contribution in [0.3, 0.4) is 0 Å². The molecule has 0 atom stereocenters. The third kappa shape index (κ3) is 3.43. The summed E-state index contributed by atoms with van der Waals surface area (Å²) in [6.45, 7) is 4.15. The maximum atomic E-state index is 12.7. The molecule has 1 aromatic heterocycles. The Morgan fingerprint density at radius 2 is 1.91 bits per heavy atom. The van der Waals surface area contributed by atoms with Gasteiger partial charge in [0.1, 0.15) is 0 Å². The quantitative estimate of drug-likeness (QED) is 0.941. The summed E-state index contributed by atoms with van der Waals surface area (Å²) in [5.74, 6) is -0.258. The van der Waals surface area contributed by atoms with Crippen molar-refractivity contribution in [2.45, 2.75) is 6.92 Å². The molecule has 1 aliphatic heterocycles. The van der Waals surface area contributed by atoms with E-state index in [4.69, 9.17) is 4.74 Å². The van der Waals surface area contributed by atoms with Crippen LogP contribution in [-0.4, -0.2) is 43.0 Å². The van der Waals surface area contributed by atoms with E-state index in [9.17, 15) is 9.59 Å². The largest absolute Gasteiger partial charge is 0.378 e. The Bertz CT molecular complexity index is 720. The molecule has 0 aliphatic carbocycles. The minimum Gasteiger partial charge on any atom is -0.378 e. The monoisotopic (exact) mass is 330 g/mol. The van der Waals surface area contributed by atoms with Crippen molar-refractivity contribution >= 4 is 28.8 Å². The zero-order valence-corrected chi connectivity index (χ0v) is 13.7. The summed E-state index contributed by atoms with van der Waals surface area (Å²) >= 11 is 1.40. The molecule has 2 aromatic rings. The number of aryl methyl sites for hydroxylation is 1. The minimum atomic E-state index is -0.181. The molecule has 0 spiro atoms. The van der Waals surface area contributed by atoms with Crippen molar-refractivity contribution < 1.29 is 14.3 Å². The SMILES string of the molecule is Cc1ccsc1C(=O)Nc1ccccc1C(=O)N1CCOCC1. The van der Waals surface area contributed by atoms with Gasteiger partial charge in [-0.15, -0.1) is 11.3 Å². The van der Waals surface area contributed by atoms with Crippen LogP contribution in [0.1, 0.15) is 25.6 Å². The number of benzene rings is 1. The van der Waals surface area contributed by atoms with Crippen molar-refractivity contribution in [3.05, 3.63) is 51.7 Å². The van der Waals surface area contributed by atoms with E-state index in [2.05, 4.69) is 5.32 Å². The summed E-state index contributed by atoms with van der Waals surface area (Å²) in [5.41, 5.74) is 1.99. The average molecular weight is 330 g/mol. The molecule has 1 saturated heterocycles. The molecule has 1 fully saturated rings. The van der Waals surface area contributed by atoms with Gasteiger partial charge in [0.15, 0.2) is 0 Å². The number of anilines is 1. The van der Waals surface area contributed by atoms with E-state index in [0.717, 1.165) is 5.56 Å². The summed E-state index contributed by atoms with van der Waals surface area (Å²) in [6.07, 6.45) is 0. The average Bonchev–Trinajstić information content (AvgIpc) is 3.02. The highest BCUT2D eigenvalue weighted by molar-refractivity contribution is 7.12. The van der Waals surface area contributed by atoms with E-state index >= 15 is 0 Å². The predicted molar refractivity (Wildman–Crippen MR) is 90.2 cm³/mol. The number of thiophene rings is 1. The van der Waals surface area contributed by atoms with Crippen LogP contribution in [0.25, 0.3) is 0 Å². The first-order chi connectivity index (χ1) is 11.2. The summed E-state index contributed by atoms with van der Waals surface area (Å²) < 4.78 is 5.28. The molecule has 2 amide bonds. The third-order valence-corrected chi connectivity index (χ3v) is 4.79. The van der Waals surface area contributed by atoms with Gasteiger partial charge in [0.05, 0.1) is 29.3 Å². The molecule has 3 rings (SSSR count). The number of hydrogen-bond acceptors (Lipinski definition) is 4. The maximum absolute atomic E-state index is 12.7. The summed E-state index contributed by atoms with van der Waals surface area (Å²) in [4.78, 5) is 27.5. The van der Waals surface area contributed by atoms with Crippen molar-refractivity contribution in [1.29, 1.82) is 0 Å². The van der Waals surface area contributed by atoms with Gasteiger partial charge in [0.2, 0.25) is 0 Å². The van der Waals surface area contributed by atoms with Gasteiger partial charge in [-0.1, -0.05) is 12.1 Å². The molecule has 0 radical (unpaired) electrons. The fraction of sp³-hybridized carbons (Fsp3) is 0.294. The Hall–Kier alpha value is -2.18. The van der Waals surface area contributed by atoms with Crippen LogP contribution in [-0.2, 0) is 4.74 Å². The first-order valence-electron chi connectivity index (χ1n) is 7.48. The molecule has 5 nitrogen and oxygen atoms in total. The van der Waals surface area contributed by atoms with E-state index in [-0.39, 0.29) is 11.8 Å². The molecule has 1 aromatic carbocycles. The van der Waals surface area contributed by atoms with Gasteiger partial charge < -0.3 is 15.0 Å². The zero-order valence-electron chi connectivity index (χ0n) is 12.9.